The van der Waals surface area contributed by atoms with Gasteiger partial charge < -0.3 is 15.0 Å². The van der Waals surface area contributed by atoms with Gasteiger partial charge in [0.1, 0.15) is 11.8 Å². The van der Waals surface area contributed by atoms with Crippen LogP contribution in [0.4, 0.5) is 5.82 Å². The van der Waals surface area contributed by atoms with Crippen LogP contribution in [-0.4, -0.2) is 82.4 Å². The molecular formula is C23H36N6O. The van der Waals surface area contributed by atoms with E-state index in [1.165, 1.54) is 69.5 Å². The average Bonchev–Trinajstić information content (AvgIpc) is 3.26. The van der Waals surface area contributed by atoms with Gasteiger partial charge in [-0.3, -0.25) is 4.90 Å². The molecule has 4 heterocycles. The largest absolute Gasteiger partial charge is 0.381 e. The molecule has 2 aliphatic heterocycles. The molecule has 0 radical (unpaired) electrons. The van der Waals surface area contributed by atoms with Gasteiger partial charge in [0.25, 0.3) is 0 Å². The lowest BCUT2D eigenvalue weighted by atomic mass is 9.89. The molecule has 30 heavy (non-hydrogen) atoms. The Morgan fingerprint density at radius 1 is 1.03 bits per heavy atom. The molecule has 0 aromatic carbocycles. The van der Waals surface area contributed by atoms with Gasteiger partial charge in [0.05, 0.1) is 0 Å². The molecular weight excluding hydrogens is 376 g/mol. The number of rotatable bonds is 5. The maximum atomic E-state index is 5.57. The number of likely N-dealkylation sites (N-methyl/N-ethyl adjacent to an activating group) is 1. The lowest BCUT2D eigenvalue weighted by Gasteiger charge is -2.42. The van der Waals surface area contributed by atoms with Crippen molar-refractivity contribution in [3.63, 3.8) is 0 Å². The van der Waals surface area contributed by atoms with Crippen LogP contribution in [0.1, 0.15) is 56.9 Å². The lowest BCUT2D eigenvalue weighted by molar-refractivity contribution is 0.0800. The number of hydrogen-bond acceptors (Lipinski definition) is 6. The molecule has 0 bridgehead atoms. The maximum Gasteiger partial charge on any atom is 0.154 e. The zero-order chi connectivity index (χ0) is 20.3. The van der Waals surface area contributed by atoms with E-state index in [2.05, 4.69) is 44.4 Å². The summed E-state index contributed by atoms with van der Waals surface area (Å²) in [4.78, 5) is 9.97. The number of piperazine rings is 1. The molecule has 0 amide bonds. The van der Waals surface area contributed by atoms with Crippen molar-refractivity contribution in [1.29, 1.82) is 0 Å². The van der Waals surface area contributed by atoms with Gasteiger partial charge in [-0.1, -0.05) is 6.92 Å². The first-order valence-corrected chi connectivity index (χ1v) is 11.9. The van der Waals surface area contributed by atoms with Gasteiger partial charge in [-0.05, 0) is 62.6 Å². The second-order valence-electron chi connectivity index (χ2n) is 9.18. The number of ether oxygens (including phenoxy) is 1. The highest BCUT2D eigenvalue weighted by Crippen LogP contribution is 2.34. The summed E-state index contributed by atoms with van der Waals surface area (Å²) >= 11 is 0. The molecule has 0 atom stereocenters. The molecule has 164 valence electrons. The first-order valence-electron chi connectivity index (χ1n) is 11.9. The van der Waals surface area contributed by atoms with Gasteiger partial charge in [0.15, 0.2) is 5.82 Å². The Morgan fingerprint density at radius 2 is 1.80 bits per heavy atom. The molecule has 2 aromatic heterocycles. The summed E-state index contributed by atoms with van der Waals surface area (Å²) in [6.07, 6.45) is 11.0. The second-order valence-corrected chi connectivity index (χ2v) is 9.18. The summed E-state index contributed by atoms with van der Waals surface area (Å²) in [5, 5.41) is 8.26. The summed E-state index contributed by atoms with van der Waals surface area (Å²) in [5.41, 5.74) is 2.55. The highest BCUT2D eigenvalue weighted by atomic mass is 16.5. The van der Waals surface area contributed by atoms with E-state index in [9.17, 15) is 0 Å². The van der Waals surface area contributed by atoms with Gasteiger partial charge in [-0.2, -0.15) is 5.10 Å². The Kier molecular flexibility index (Phi) is 6.20. The number of fused-ring (bicyclic) bond motifs is 1. The van der Waals surface area contributed by atoms with Crippen LogP contribution < -0.4 is 5.32 Å². The first-order chi connectivity index (χ1) is 14.8. The predicted molar refractivity (Wildman–Crippen MR) is 119 cm³/mol. The fourth-order valence-corrected chi connectivity index (χ4v) is 5.65. The molecule has 1 saturated carbocycles. The van der Waals surface area contributed by atoms with Gasteiger partial charge in [0.2, 0.25) is 0 Å². The summed E-state index contributed by atoms with van der Waals surface area (Å²) < 4.78 is 7.57. The fraction of sp³-hybridized carbons (Fsp3) is 0.739. The van der Waals surface area contributed by atoms with Crippen LogP contribution in [-0.2, 0) is 4.74 Å². The SMILES string of the molecule is CCN1CCN([C@H]2CC[C@H](Nc3ncnn4ccc(C5CCOCC5)c34)CC2)CC1. The van der Waals surface area contributed by atoms with Crippen LogP contribution in [0.3, 0.4) is 0 Å². The number of anilines is 1. The fourth-order valence-electron chi connectivity index (χ4n) is 5.65. The van der Waals surface area contributed by atoms with E-state index in [-0.39, 0.29) is 0 Å². The average molecular weight is 413 g/mol. The van der Waals surface area contributed by atoms with E-state index in [1.54, 1.807) is 6.33 Å². The minimum atomic E-state index is 0.509. The van der Waals surface area contributed by atoms with Crippen LogP contribution in [0, 0.1) is 0 Å². The molecule has 0 unspecified atom stereocenters. The number of nitrogens with one attached hydrogen (secondary N) is 1. The maximum absolute atomic E-state index is 5.57. The quantitative estimate of drug-likeness (QED) is 0.815. The molecule has 0 spiro atoms. The van der Waals surface area contributed by atoms with Gasteiger partial charge in [0, 0.05) is 57.7 Å². The highest BCUT2D eigenvalue weighted by molar-refractivity contribution is 5.73. The zero-order valence-electron chi connectivity index (χ0n) is 18.3. The summed E-state index contributed by atoms with van der Waals surface area (Å²) in [6.45, 7) is 10.1. The van der Waals surface area contributed by atoms with Gasteiger partial charge in [-0.15, -0.1) is 0 Å². The third-order valence-electron chi connectivity index (χ3n) is 7.55. The topological polar surface area (TPSA) is 57.9 Å². The number of aromatic nitrogens is 3. The third-order valence-corrected chi connectivity index (χ3v) is 7.55. The molecule has 1 aliphatic carbocycles. The minimum Gasteiger partial charge on any atom is -0.381 e. The van der Waals surface area contributed by atoms with Crippen LogP contribution in [0.15, 0.2) is 18.6 Å². The molecule has 3 fully saturated rings. The molecule has 2 saturated heterocycles. The number of nitrogens with zero attached hydrogens (tertiary/aromatic N) is 5. The molecule has 7 nitrogen and oxygen atoms in total. The Balaban J connectivity index is 1.23. The zero-order valence-corrected chi connectivity index (χ0v) is 18.3. The van der Waals surface area contributed by atoms with Gasteiger partial charge in [-0.25, -0.2) is 9.50 Å². The predicted octanol–water partition coefficient (Wildman–Crippen LogP) is 2.98. The first kappa shape index (κ1) is 20.2. The monoisotopic (exact) mass is 412 g/mol. The van der Waals surface area contributed by atoms with E-state index < -0.39 is 0 Å². The number of hydrogen-bond donors (Lipinski definition) is 1. The van der Waals surface area contributed by atoms with Crippen molar-refractivity contribution in [2.45, 2.75) is 63.5 Å². The molecule has 1 N–H and O–H groups in total. The van der Waals surface area contributed by atoms with Crippen LogP contribution in [0.2, 0.25) is 0 Å². The Morgan fingerprint density at radius 3 is 2.53 bits per heavy atom. The van der Waals surface area contributed by atoms with Crippen molar-refractivity contribution < 1.29 is 4.74 Å². The summed E-state index contributed by atoms with van der Waals surface area (Å²) in [7, 11) is 0. The van der Waals surface area contributed by atoms with Crippen molar-refractivity contribution in [2.24, 2.45) is 0 Å². The highest BCUT2D eigenvalue weighted by Gasteiger charge is 2.29. The Labute approximate surface area is 179 Å². The third kappa shape index (κ3) is 4.20. The van der Waals surface area contributed by atoms with Crippen LogP contribution in [0.5, 0.6) is 0 Å². The molecule has 3 aliphatic rings. The van der Waals surface area contributed by atoms with Crippen molar-refractivity contribution in [1.82, 2.24) is 24.4 Å². The van der Waals surface area contributed by atoms with Crippen LogP contribution >= 0.6 is 0 Å². The smallest absolute Gasteiger partial charge is 0.154 e. The molecule has 5 rings (SSSR count). The van der Waals surface area contributed by atoms with E-state index in [4.69, 9.17) is 4.74 Å². The van der Waals surface area contributed by atoms with Crippen molar-refractivity contribution in [2.75, 3.05) is 51.3 Å². The summed E-state index contributed by atoms with van der Waals surface area (Å²) in [6, 6.07) is 3.51. The van der Waals surface area contributed by atoms with E-state index in [0.29, 0.717) is 12.0 Å². The lowest BCUT2D eigenvalue weighted by Crippen LogP contribution is -2.51. The second kappa shape index (κ2) is 9.20. The standard InChI is InChI=1S/C23H36N6O/c1-2-27-11-13-28(14-12-27)20-5-3-19(4-6-20)26-23-22-21(18-8-15-30-16-9-18)7-10-29(22)25-17-24-23/h7,10,17-20H,2-6,8-9,11-16H2,1H3,(H,24,25,26)/t19-,20-. The van der Waals surface area contributed by atoms with Gasteiger partial charge >= 0.3 is 0 Å². The van der Waals surface area contributed by atoms with Crippen molar-refractivity contribution in [3.05, 3.63) is 24.2 Å². The Bertz CT molecular complexity index is 816. The summed E-state index contributed by atoms with van der Waals surface area (Å²) in [5.74, 6) is 1.56. The van der Waals surface area contributed by atoms with E-state index in [0.717, 1.165) is 37.9 Å². The normalized spacial score (nSPS) is 27.5. The Hall–Kier alpha value is -1.70. The van der Waals surface area contributed by atoms with Crippen LogP contribution in [0.25, 0.3) is 5.52 Å². The minimum absolute atomic E-state index is 0.509. The van der Waals surface area contributed by atoms with E-state index in [1.807, 2.05) is 4.52 Å². The molecule has 7 heteroatoms. The van der Waals surface area contributed by atoms with Crippen molar-refractivity contribution in [3.8, 4) is 0 Å². The molecule has 2 aromatic rings. The van der Waals surface area contributed by atoms with Crippen molar-refractivity contribution >= 4 is 11.3 Å². The van der Waals surface area contributed by atoms with E-state index >= 15 is 0 Å².